The Hall–Kier alpha value is -1.16. The van der Waals surface area contributed by atoms with Crippen LogP contribution in [0.5, 0.6) is 0 Å². The number of hydrogen-bond donors (Lipinski definition) is 0. The Morgan fingerprint density at radius 1 is 1.82 bits per heavy atom. The van der Waals surface area contributed by atoms with Gasteiger partial charge in [0.15, 0.2) is 0 Å². The molecule has 0 aliphatic carbocycles. The zero-order valence-electron chi connectivity index (χ0n) is 5.98. The van der Waals surface area contributed by atoms with E-state index in [0.29, 0.717) is 0 Å². The average molecular weight is 169 g/mol. The molecule has 0 radical (unpaired) electrons. The van der Waals surface area contributed by atoms with Gasteiger partial charge in [0, 0.05) is 4.88 Å². The smallest absolute Gasteiger partial charge is 0.433 e. The van der Waals surface area contributed by atoms with Crippen LogP contribution >= 0.6 is 11.3 Å². The van der Waals surface area contributed by atoms with Crippen molar-refractivity contribution in [3.8, 4) is 0 Å². The van der Waals surface area contributed by atoms with Crippen LogP contribution in [0.3, 0.4) is 0 Å². The zero-order chi connectivity index (χ0) is 8.10. The molecule has 0 atom stereocenters. The Labute approximate surface area is 68.3 Å². The van der Waals surface area contributed by atoms with Crippen LogP contribution in [0.1, 0.15) is 4.88 Å². The zero-order valence-corrected chi connectivity index (χ0v) is 6.80. The van der Waals surface area contributed by atoms with Gasteiger partial charge in [0.2, 0.25) is 0 Å². The number of carbonyl (C=O) groups is 1. The molecule has 1 aromatic heterocycles. The topological polar surface area (TPSA) is 38.7 Å². The van der Waals surface area contributed by atoms with Crippen LogP contribution in [0.2, 0.25) is 0 Å². The molecule has 1 aromatic rings. The van der Waals surface area contributed by atoms with Gasteiger partial charge in [-0.25, -0.2) is 4.79 Å². The molecule has 0 fully saturated rings. The third-order valence-electron chi connectivity index (χ3n) is 1.02. The van der Waals surface area contributed by atoms with E-state index in [1.165, 1.54) is 24.7 Å². The Morgan fingerprint density at radius 2 is 2.64 bits per heavy atom. The molecule has 0 bridgehead atoms. The maximum Gasteiger partial charge on any atom is 0.433 e. The third-order valence-corrected chi connectivity index (χ3v) is 1.82. The van der Waals surface area contributed by atoms with Gasteiger partial charge in [-0.15, -0.1) is 11.3 Å². The van der Waals surface area contributed by atoms with E-state index in [9.17, 15) is 4.79 Å². The van der Waals surface area contributed by atoms with Gasteiger partial charge in [-0.05, 0) is 11.4 Å². The van der Waals surface area contributed by atoms with Crippen molar-refractivity contribution < 1.29 is 9.53 Å². The quantitative estimate of drug-likeness (QED) is 0.602. The van der Waals surface area contributed by atoms with Gasteiger partial charge in [-0.1, -0.05) is 6.07 Å². The first-order chi connectivity index (χ1) is 5.33. The number of aliphatic imine (C=N–C) groups is 1. The highest BCUT2D eigenvalue weighted by molar-refractivity contribution is 7.11. The van der Waals surface area contributed by atoms with E-state index in [1.54, 1.807) is 0 Å². The minimum absolute atomic E-state index is 0.571. The Kier molecular flexibility index (Phi) is 2.80. The molecule has 0 saturated heterocycles. The van der Waals surface area contributed by atoms with E-state index in [-0.39, 0.29) is 0 Å². The fraction of sp³-hybridized carbons (Fsp3) is 0.143. The second kappa shape index (κ2) is 3.88. The van der Waals surface area contributed by atoms with Gasteiger partial charge in [0.1, 0.15) is 0 Å². The molecule has 3 nitrogen and oxygen atoms in total. The Balaban J connectivity index is 2.55. The number of nitrogens with zero attached hydrogens (tertiary/aromatic N) is 1. The second-order valence-corrected chi connectivity index (χ2v) is 2.72. The summed E-state index contributed by atoms with van der Waals surface area (Å²) in [5.41, 5.74) is 0. The molecule has 1 amide bonds. The maximum absolute atomic E-state index is 10.5. The van der Waals surface area contributed by atoms with Crippen LogP contribution in [-0.4, -0.2) is 19.4 Å². The minimum atomic E-state index is -0.571. The molecule has 1 heterocycles. The highest BCUT2D eigenvalue weighted by atomic mass is 32.1. The van der Waals surface area contributed by atoms with Crippen LogP contribution in [-0.2, 0) is 4.74 Å². The molecule has 4 heteroatoms. The maximum atomic E-state index is 10.5. The average Bonchev–Trinajstić information content (AvgIpc) is 2.52. The van der Waals surface area contributed by atoms with Gasteiger partial charge >= 0.3 is 6.09 Å². The lowest BCUT2D eigenvalue weighted by atomic mass is 10.5. The highest BCUT2D eigenvalue weighted by Gasteiger charge is 1.92. The molecule has 11 heavy (non-hydrogen) atoms. The van der Waals surface area contributed by atoms with Gasteiger partial charge < -0.3 is 4.74 Å². The molecule has 58 valence electrons. The summed E-state index contributed by atoms with van der Waals surface area (Å²) >= 11 is 1.52. The lowest BCUT2D eigenvalue weighted by Gasteiger charge is -1.86. The summed E-state index contributed by atoms with van der Waals surface area (Å²) in [5, 5.41) is 1.92. The van der Waals surface area contributed by atoms with Crippen molar-refractivity contribution in [2.45, 2.75) is 0 Å². The summed E-state index contributed by atoms with van der Waals surface area (Å²) < 4.78 is 4.32. The van der Waals surface area contributed by atoms with Crippen molar-refractivity contribution in [3.05, 3.63) is 22.4 Å². The SMILES string of the molecule is COC(=O)/N=C/c1cccs1. The minimum Gasteiger partial charge on any atom is -0.451 e. The number of methoxy groups -OCH3 is 1. The Morgan fingerprint density at radius 3 is 3.18 bits per heavy atom. The fourth-order valence-electron chi connectivity index (χ4n) is 0.534. The first kappa shape index (κ1) is 7.94. The molecule has 0 aliphatic rings. The van der Waals surface area contributed by atoms with Gasteiger partial charge in [0.25, 0.3) is 0 Å². The highest BCUT2D eigenvalue weighted by Crippen LogP contribution is 2.04. The molecule has 1 rings (SSSR count). The molecule has 0 unspecified atom stereocenters. The molecule has 0 aliphatic heterocycles. The van der Waals surface area contributed by atoms with Crippen LogP contribution in [0.4, 0.5) is 4.79 Å². The van der Waals surface area contributed by atoms with Crippen LogP contribution in [0.15, 0.2) is 22.5 Å². The Bertz CT molecular complexity index is 253. The van der Waals surface area contributed by atoms with E-state index in [1.807, 2.05) is 17.5 Å². The van der Waals surface area contributed by atoms with E-state index in [0.717, 1.165) is 4.88 Å². The fourth-order valence-corrected chi connectivity index (χ4v) is 1.12. The normalized spacial score (nSPS) is 10.3. The van der Waals surface area contributed by atoms with E-state index < -0.39 is 6.09 Å². The predicted octanol–water partition coefficient (Wildman–Crippen LogP) is 1.93. The van der Waals surface area contributed by atoms with Crippen molar-refractivity contribution >= 4 is 23.6 Å². The molecular weight excluding hydrogens is 162 g/mol. The van der Waals surface area contributed by atoms with Gasteiger partial charge in [0.05, 0.1) is 13.3 Å². The number of amides is 1. The van der Waals surface area contributed by atoms with Crippen molar-refractivity contribution in [2.24, 2.45) is 4.99 Å². The predicted molar refractivity (Wildman–Crippen MR) is 44.3 cm³/mol. The van der Waals surface area contributed by atoms with Crippen LogP contribution in [0.25, 0.3) is 0 Å². The van der Waals surface area contributed by atoms with Gasteiger partial charge in [-0.2, -0.15) is 4.99 Å². The van der Waals surface area contributed by atoms with E-state index in [2.05, 4.69) is 9.73 Å². The summed E-state index contributed by atoms with van der Waals surface area (Å²) in [6.45, 7) is 0. The van der Waals surface area contributed by atoms with Crippen molar-refractivity contribution in [3.63, 3.8) is 0 Å². The number of thiophene rings is 1. The summed E-state index contributed by atoms with van der Waals surface area (Å²) in [7, 11) is 1.30. The number of hydrogen-bond acceptors (Lipinski definition) is 3. The monoisotopic (exact) mass is 169 g/mol. The summed E-state index contributed by atoms with van der Waals surface area (Å²) in [4.78, 5) is 14.9. The third kappa shape index (κ3) is 2.51. The number of carbonyl (C=O) groups excluding carboxylic acids is 1. The first-order valence-corrected chi connectivity index (χ1v) is 3.86. The molecule has 0 saturated carbocycles. The number of rotatable bonds is 1. The van der Waals surface area contributed by atoms with E-state index >= 15 is 0 Å². The summed E-state index contributed by atoms with van der Waals surface area (Å²) in [6, 6.07) is 3.76. The van der Waals surface area contributed by atoms with Crippen molar-refractivity contribution in [2.75, 3.05) is 7.11 Å². The van der Waals surface area contributed by atoms with Crippen molar-refractivity contribution in [1.82, 2.24) is 0 Å². The second-order valence-electron chi connectivity index (χ2n) is 1.74. The van der Waals surface area contributed by atoms with Crippen LogP contribution in [0, 0.1) is 0 Å². The lowest BCUT2D eigenvalue weighted by Crippen LogP contribution is -1.92. The molecule has 0 spiro atoms. The summed E-state index contributed by atoms with van der Waals surface area (Å²) in [5.74, 6) is 0. The number of ether oxygens (including phenoxy) is 1. The van der Waals surface area contributed by atoms with Crippen molar-refractivity contribution in [1.29, 1.82) is 0 Å². The van der Waals surface area contributed by atoms with Crippen LogP contribution < -0.4 is 0 Å². The molecule has 0 aromatic carbocycles. The molecular formula is C7H7NO2S. The largest absolute Gasteiger partial charge is 0.451 e. The van der Waals surface area contributed by atoms with Gasteiger partial charge in [-0.3, -0.25) is 0 Å². The lowest BCUT2D eigenvalue weighted by molar-refractivity contribution is 0.183. The van der Waals surface area contributed by atoms with E-state index in [4.69, 9.17) is 0 Å². The standard InChI is InChI=1S/C7H7NO2S/c1-10-7(9)8-5-6-3-2-4-11-6/h2-5H,1H3/b8-5+. The first-order valence-electron chi connectivity index (χ1n) is 2.98. The summed E-state index contributed by atoms with van der Waals surface area (Å²) in [6.07, 6.45) is 0.912. The molecule has 0 N–H and O–H groups in total.